The van der Waals surface area contributed by atoms with Gasteiger partial charge in [0, 0.05) is 18.9 Å². The number of phenols is 1. The highest BCUT2D eigenvalue weighted by molar-refractivity contribution is 8.18. The minimum Gasteiger partial charge on any atom is -0.550 e. The highest BCUT2D eigenvalue weighted by Crippen LogP contribution is 2.32. The van der Waals surface area contributed by atoms with E-state index in [0.29, 0.717) is 5.56 Å². The number of carbonyl (C=O) groups excluding carboxylic acids is 3. The normalized spacial score (nSPS) is 17.0. The maximum Gasteiger partial charge on any atom is 0.293 e. The van der Waals surface area contributed by atoms with Gasteiger partial charge in [-0.25, -0.2) is 0 Å². The Morgan fingerprint density at radius 3 is 2.55 bits per heavy atom. The van der Waals surface area contributed by atoms with Crippen LogP contribution in [0.3, 0.4) is 0 Å². The van der Waals surface area contributed by atoms with Crippen molar-refractivity contribution in [2.24, 2.45) is 0 Å². The van der Waals surface area contributed by atoms with Gasteiger partial charge in [0.2, 0.25) is 0 Å². The van der Waals surface area contributed by atoms with E-state index in [-0.39, 0.29) is 23.6 Å². The summed E-state index contributed by atoms with van der Waals surface area (Å²) < 4.78 is 0. The molecule has 2 rings (SSSR count). The molecule has 0 aliphatic carbocycles. The van der Waals surface area contributed by atoms with E-state index in [0.717, 1.165) is 16.7 Å². The van der Waals surface area contributed by atoms with Crippen LogP contribution >= 0.6 is 11.8 Å². The predicted octanol–water partition coefficient (Wildman–Crippen LogP) is 0.569. The van der Waals surface area contributed by atoms with Crippen molar-refractivity contribution >= 4 is 35.0 Å². The molecule has 0 radical (unpaired) electrons. The number of thioether (sulfide) groups is 1. The largest absolute Gasteiger partial charge is 0.550 e. The molecule has 0 unspecified atom stereocenters. The standard InChI is InChI=1S/C13H11NO5S/c15-9-3-1-8(2-4-9)7-10-12(18)14(13(19)20-10)6-5-11(16)17/h1-4,7,15H,5-6H2,(H,16,17)/p-1/b10-7-. The Hall–Kier alpha value is -2.28. The number of hydrogen-bond acceptors (Lipinski definition) is 6. The fourth-order valence-corrected chi connectivity index (χ4v) is 2.48. The van der Waals surface area contributed by atoms with Gasteiger partial charge in [0.05, 0.1) is 4.91 Å². The number of rotatable bonds is 4. The second-order valence-corrected chi connectivity index (χ2v) is 5.04. The summed E-state index contributed by atoms with van der Waals surface area (Å²) >= 11 is 0.755. The lowest BCUT2D eigenvalue weighted by atomic mass is 10.2. The van der Waals surface area contributed by atoms with Crippen LogP contribution in [0.1, 0.15) is 12.0 Å². The van der Waals surface area contributed by atoms with Gasteiger partial charge in [0.25, 0.3) is 11.1 Å². The topological polar surface area (TPSA) is 97.7 Å². The van der Waals surface area contributed by atoms with Crippen molar-refractivity contribution < 1.29 is 24.6 Å². The van der Waals surface area contributed by atoms with E-state index in [1.54, 1.807) is 12.1 Å². The van der Waals surface area contributed by atoms with Gasteiger partial charge in [0.15, 0.2) is 0 Å². The summed E-state index contributed by atoms with van der Waals surface area (Å²) in [6.07, 6.45) is 1.13. The molecule has 1 heterocycles. The number of imide groups is 1. The first-order valence-electron chi connectivity index (χ1n) is 5.71. The number of carbonyl (C=O) groups is 3. The molecular weight excluding hydrogens is 282 g/mol. The zero-order valence-corrected chi connectivity index (χ0v) is 11.1. The van der Waals surface area contributed by atoms with Gasteiger partial charge in [-0.2, -0.15) is 0 Å². The van der Waals surface area contributed by atoms with Gasteiger partial charge >= 0.3 is 0 Å². The molecule has 0 saturated carbocycles. The van der Waals surface area contributed by atoms with Gasteiger partial charge in [0.1, 0.15) is 5.75 Å². The van der Waals surface area contributed by atoms with Crippen LogP contribution in [0, 0.1) is 0 Å². The fourth-order valence-electron chi connectivity index (χ4n) is 1.62. The lowest BCUT2D eigenvalue weighted by molar-refractivity contribution is -0.305. The molecule has 2 amide bonds. The number of amides is 2. The van der Waals surface area contributed by atoms with Crippen LogP contribution < -0.4 is 5.11 Å². The molecule has 7 heteroatoms. The molecular formula is C13H10NO5S-. The SMILES string of the molecule is O=C([O-])CCN1C(=O)S/C(=C\c2ccc(O)cc2)C1=O. The lowest BCUT2D eigenvalue weighted by Crippen LogP contribution is -2.33. The van der Waals surface area contributed by atoms with Crippen LogP contribution in [-0.4, -0.2) is 33.7 Å². The molecule has 6 nitrogen and oxygen atoms in total. The van der Waals surface area contributed by atoms with Crippen molar-refractivity contribution in [1.29, 1.82) is 0 Å². The number of hydrogen-bond donors (Lipinski definition) is 1. The molecule has 0 atom stereocenters. The van der Waals surface area contributed by atoms with Gasteiger partial charge in [-0.3, -0.25) is 14.5 Å². The Labute approximate surface area is 118 Å². The molecule has 20 heavy (non-hydrogen) atoms. The van der Waals surface area contributed by atoms with Crippen LogP contribution in [-0.2, 0) is 9.59 Å². The average molecular weight is 292 g/mol. The third-order valence-electron chi connectivity index (χ3n) is 2.60. The van der Waals surface area contributed by atoms with E-state index in [1.807, 2.05) is 0 Å². The molecule has 104 valence electrons. The third kappa shape index (κ3) is 3.18. The van der Waals surface area contributed by atoms with Crippen LogP contribution in [0.15, 0.2) is 29.2 Å². The van der Waals surface area contributed by atoms with E-state index in [1.165, 1.54) is 18.2 Å². The lowest BCUT2D eigenvalue weighted by Gasteiger charge is -2.12. The highest BCUT2D eigenvalue weighted by atomic mass is 32.2. The first-order chi connectivity index (χ1) is 9.47. The Morgan fingerprint density at radius 1 is 1.30 bits per heavy atom. The van der Waals surface area contributed by atoms with E-state index in [2.05, 4.69) is 0 Å². The first kappa shape index (κ1) is 14.1. The number of nitrogens with zero attached hydrogens (tertiary/aromatic N) is 1. The van der Waals surface area contributed by atoms with Gasteiger partial charge in [-0.05, 0) is 35.5 Å². The van der Waals surface area contributed by atoms with Crippen molar-refractivity contribution in [1.82, 2.24) is 4.90 Å². The number of carboxylic acid groups (broad SMARTS) is 1. The average Bonchev–Trinajstić information content (AvgIpc) is 2.65. The summed E-state index contributed by atoms with van der Waals surface area (Å²) in [5, 5.41) is 19.0. The number of carboxylic acids is 1. The molecule has 1 aromatic carbocycles. The second-order valence-electron chi connectivity index (χ2n) is 4.05. The van der Waals surface area contributed by atoms with Crippen molar-refractivity contribution in [3.63, 3.8) is 0 Å². The van der Waals surface area contributed by atoms with Crippen molar-refractivity contribution in [2.45, 2.75) is 6.42 Å². The van der Waals surface area contributed by atoms with Crippen LogP contribution in [0.25, 0.3) is 6.08 Å². The highest BCUT2D eigenvalue weighted by Gasteiger charge is 2.34. The summed E-state index contributed by atoms with van der Waals surface area (Å²) in [5.74, 6) is -1.73. The minimum absolute atomic E-state index is 0.101. The summed E-state index contributed by atoms with van der Waals surface area (Å²) in [6, 6.07) is 6.13. The molecule has 1 aliphatic rings. The molecule has 1 aliphatic heterocycles. The summed E-state index contributed by atoms with van der Waals surface area (Å²) in [6.45, 7) is -0.195. The minimum atomic E-state index is -1.31. The molecule has 1 aromatic rings. The first-order valence-corrected chi connectivity index (χ1v) is 6.53. The monoisotopic (exact) mass is 292 g/mol. The molecule has 0 bridgehead atoms. The quantitative estimate of drug-likeness (QED) is 0.815. The van der Waals surface area contributed by atoms with Crippen LogP contribution in [0.2, 0.25) is 0 Å². The molecule has 1 saturated heterocycles. The van der Waals surface area contributed by atoms with E-state index >= 15 is 0 Å². The Bertz CT molecular complexity index is 593. The smallest absolute Gasteiger partial charge is 0.293 e. The molecule has 0 aromatic heterocycles. The molecule has 1 N–H and O–H groups in total. The van der Waals surface area contributed by atoms with Crippen LogP contribution in [0.5, 0.6) is 5.75 Å². The number of phenolic OH excluding ortho intramolecular Hbond substituents is 1. The fraction of sp³-hybridized carbons (Fsp3) is 0.154. The van der Waals surface area contributed by atoms with Crippen molar-refractivity contribution in [3.8, 4) is 5.75 Å². The molecule has 1 fully saturated rings. The third-order valence-corrected chi connectivity index (χ3v) is 3.51. The van der Waals surface area contributed by atoms with Gasteiger partial charge in [-0.1, -0.05) is 12.1 Å². The van der Waals surface area contributed by atoms with Gasteiger partial charge in [-0.15, -0.1) is 0 Å². The van der Waals surface area contributed by atoms with Crippen molar-refractivity contribution in [3.05, 3.63) is 34.7 Å². The number of aliphatic carboxylic acids is 1. The van der Waals surface area contributed by atoms with E-state index < -0.39 is 17.1 Å². The van der Waals surface area contributed by atoms with E-state index in [9.17, 15) is 19.5 Å². The Morgan fingerprint density at radius 2 is 1.95 bits per heavy atom. The zero-order valence-electron chi connectivity index (χ0n) is 10.2. The second kappa shape index (κ2) is 5.79. The number of aromatic hydroxyl groups is 1. The summed E-state index contributed by atoms with van der Waals surface area (Å²) in [7, 11) is 0. The maximum atomic E-state index is 12.0. The number of benzene rings is 1. The maximum absolute atomic E-state index is 12.0. The summed E-state index contributed by atoms with van der Waals surface area (Å²) in [5.41, 5.74) is 0.660. The summed E-state index contributed by atoms with van der Waals surface area (Å²) in [4.78, 5) is 35.1. The zero-order chi connectivity index (χ0) is 14.7. The van der Waals surface area contributed by atoms with Crippen LogP contribution in [0.4, 0.5) is 4.79 Å². The Balaban J connectivity index is 2.14. The Kier molecular flexibility index (Phi) is 4.09. The van der Waals surface area contributed by atoms with Crippen molar-refractivity contribution in [2.75, 3.05) is 6.54 Å². The molecule has 0 spiro atoms. The van der Waals surface area contributed by atoms with Gasteiger partial charge < -0.3 is 15.0 Å². The predicted molar refractivity (Wildman–Crippen MR) is 70.4 cm³/mol. The van der Waals surface area contributed by atoms with E-state index in [4.69, 9.17) is 5.11 Å².